The second kappa shape index (κ2) is 4.43. The minimum Gasteiger partial charge on any atom is -0.244 e. The van der Waals surface area contributed by atoms with Crippen molar-refractivity contribution in [2.75, 3.05) is 0 Å². The van der Waals surface area contributed by atoms with Gasteiger partial charge in [-0.1, -0.05) is 13.3 Å². The zero-order valence-corrected chi connectivity index (χ0v) is 10.2. The SMILES string of the molecule is CCC1CC1NS(=O)(=O)c1ccc(C#N)nc1. The van der Waals surface area contributed by atoms with Gasteiger partial charge in [-0.05, 0) is 24.5 Å². The first-order chi connectivity index (χ1) is 8.06. The molecule has 1 saturated carbocycles. The number of nitrogens with one attached hydrogen (secondary N) is 1. The molecular formula is C11H13N3O2S. The van der Waals surface area contributed by atoms with Crippen LogP contribution in [0.5, 0.6) is 0 Å². The van der Waals surface area contributed by atoms with Crippen molar-refractivity contribution >= 4 is 10.0 Å². The highest BCUT2D eigenvalue weighted by atomic mass is 32.2. The molecule has 1 aliphatic carbocycles. The molecule has 1 fully saturated rings. The molecule has 1 aromatic heterocycles. The van der Waals surface area contributed by atoms with Crippen molar-refractivity contribution in [3.63, 3.8) is 0 Å². The van der Waals surface area contributed by atoms with Crippen LogP contribution in [0.3, 0.4) is 0 Å². The van der Waals surface area contributed by atoms with Gasteiger partial charge >= 0.3 is 0 Å². The molecule has 2 unspecified atom stereocenters. The molecule has 0 bridgehead atoms. The summed E-state index contributed by atoms with van der Waals surface area (Å²) < 4.78 is 26.5. The third-order valence-electron chi connectivity index (χ3n) is 2.91. The number of hydrogen-bond donors (Lipinski definition) is 1. The molecule has 6 heteroatoms. The molecule has 1 aliphatic rings. The molecule has 0 radical (unpaired) electrons. The van der Waals surface area contributed by atoms with Crippen molar-refractivity contribution in [1.82, 2.24) is 9.71 Å². The van der Waals surface area contributed by atoms with Crippen molar-refractivity contribution in [1.29, 1.82) is 5.26 Å². The van der Waals surface area contributed by atoms with E-state index < -0.39 is 10.0 Å². The van der Waals surface area contributed by atoms with Crippen molar-refractivity contribution in [3.05, 3.63) is 24.0 Å². The van der Waals surface area contributed by atoms with E-state index in [1.54, 1.807) is 0 Å². The first-order valence-corrected chi connectivity index (χ1v) is 6.93. The Bertz CT molecular complexity index is 545. The van der Waals surface area contributed by atoms with Gasteiger partial charge < -0.3 is 0 Å². The van der Waals surface area contributed by atoms with Gasteiger partial charge in [0.15, 0.2) is 0 Å². The molecule has 0 saturated heterocycles. The van der Waals surface area contributed by atoms with E-state index >= 15 is 0 Å². The first-order valence-electron chi connectivity index (χ1n) is 5.45. The molecule has 5 nitrogen and oxygen atoms in total. The predicted molar refractivity (Wildman–Crippen MR) is 61.5 cm³/mol. The van der Waals surface area contributed by atoms with Crippen molar-refractivity contribution in [2.45, 2.75) is 30.7 Å². The molecule has 2 rings (SSSR count). The molecule has 0 amide bonds. The lowest BCUT2D eigenvalue weighted by Crippen LogP contribution is -2.27. The summed E-state index contributed by atoms with van der Waals surface area (Å²) in [4.78, 5) is 3.86. The number of sulfonamides is 1. The summed E-state index contributed by atoms with van der Waals surface area (Å²) in [6.07, 6.45) is 3.10. The standard InChI is InChI=1S/C11H13N3O2S/c1-2-8-5-11(8)14-17(15,16)10-4-3-9(6-12)13-7-10/h3-4,7-8,11,14H,2,5H2,1H3. The topological polar surface area (TPSA) is 82.9 Å². The van der Waals surface area contributed by atoms with Gasteiger partial charge in [-0.2, -0.15) is 5.26 Å². The van der Waals surface area contributed by atoms with Crippen molar-refractivity contribution < 1.29 is 8.42 Å². The number of rotatable bonds is 4. The third-order valence-corrected chi connectivity index (χ3v) is 4.39. The lowest BCUT2D eigenvalue weighted by molar-refractivity contribution is 0.575. The van der Waals surface area contributed by atoms with Crippen LogP contribution in [0.15, 0.2) is 23.2 Å². The summed E-state index contributed by atoms with van der Waals surface area (Å²) in [5.74, 6) is 0.455. The molecule has 1 aromatic rings. The molecule has 0 aromatic carbocycles. The van der Waals surface area contributed by atoms with E-state index in [4.69, 9.17) is 5.26 Å². The minimum absolute atomic E-state index is 0.0562. The number of aromatic nitrogens is 1. The Balaban J connectivity index is 2.12. The second-order valence-corrected chi connectivity index (χ2v) is 5.84. The van der Waals surface area contributed by atoms with E-state index in [9.17, 15) is 8.42 Å². The van der Waals surface area contributed by atoms with Crippen LogP contribution in [0.25, 0.3) is 0 Å². The maximum atomic E-state index is 11.9. The van der Waals surface area contributed by atoms with Gasteiger partial charge in [0.25, 0.3) is 0 Å². The van der Waals surface area contributed by atoms with E-state index in [-0.39, 0.29) is 16.6 Å². The van der Waals surface area contributed by atoms with Gasteiger partial charge in [0.05, 0.1) is 0 Å². The number of pyridine rings is 1. The Morgan fingerprint density at radius 2 is 2.35 bits per heavy atom. The normalized spacial score (nSPS) is 23.1. The number of nitrogens with zero attached hydrogens (tertiary/aromatic N) is 2. The summed E-state index contributed by atoms with van der Waals surface area (Å²) in [6.45, 7) is 2.04. The Hall–Kier alpha value is -1.45. The van der Waals surface area contributed by atoms with Crippen LogP contribution in [0.2, 0.25) is 0 Å². The van der Waals surface area contributed by atoms with Crippen LogP contribution in [0.1, 0.15) is 25.5 Å². The number of nitriles is 1. The maximum absolute atomic E-state index is 11.9. The maximum Gasteiger partial charge on any atom is 0.242 e. The Morgan fingerprint density at radius 3 is 2.82 bits per heavy atom. The second-order valence-electron chi connectivity index (χ2n) is 4.12. The fourth-order valence-electron chi connectivity index (χ4n) is 1.72. The molecule has 1 heterocycles. The summed E-state index contributed by atoms with van der Waals surface area (Å²) in [7, 11) is -3.49. The van der Waals surface area contributed by atoms with Gasteiger partial charge in [0, 0.05) is 12.2 Å². The van der Waals surface area contributed by atoms with Crippen LogP contribution in [0.4, 0.5) is 0 Å². The van der Waals surface area contributed by atoms with Gasteiger partial charge in [-0.15, -0.1) is 0 Å². The van der Waals surface area contributed by atoms with Gasteiger partial charge in [0.1, 0.15) is 16.7 Å². The van der Waals surface area contributed by atoms with Gasteiger partial charge in [0.2, 0.25) is 10.0 Å². The molecule has 2 atom stereocenters. The fraction of sp³-hybridized carbons (Fsp3) is 0.455. The average Bonchev–Trinajstić information content (AvgIpc) is 3.07. The fourth-order valence-corrected chi connectivity index (χ4v) is 2.98. The van der Waals surface area contributed by atoms with E-state index in [0.717, 1.165) is 12.8 Å². The highest BCUT2D eigenvalue weighted by Gasteiger charge is 2.38. The minimum atomic E-state index is -3.49. The van der Waals surface area contributed by atoms with Crippen LogP contribution < -0.4 is 4.72 Å². The lowest BCUT2D eigenvalue weighted by Gasteiger charge is -2.05. The largest absolute Gasteiger partial charge is 0.244 e. The molecule has 17 heavy (non-hydrogen) atoms. The Kier molecular flexibility index (Phi) is 3.13. The average molecular weight is 251 g/mol. The third kappa shape index (κ3) is 2.62. The summed E-state index contributed by atoms with van der Waals surface area (Å²) in [6, 6.07) is 4.71. The zero-order valence-electron chi connectivity index (χ0n) is 9.42. The molecular weight excluding hydrogens is 238 g/mol. The van der Waals surface area contributed by atoms with Crippen molar-refractivity contribution in [2.24, 2.45) is 5.92 Å². The van der Waals surface area contributed by atoms with E-state index in [1.807, 2.05) is 13.0 Å². The molecule has 1 N–H and O–H groups in total. The molecule has 90 valence electrons. The molecule has 0 spiro atoms. The summed E-state index contributed by atoms with van der Waals surface area (Å²) in [5.41, 5.74) is 0.210. The van der Waals surface area contributed by atoms with E-state index in [0.29, 0.717) is 5.92 Å². The zero-order chi connectivity index (χ0) is 12.5. The van der Waals surface area contributed by atoms with E-state index in [2.05, 4.69) is 9.71 Å². The van der Waals surface area contributed by atoms with Crippen LogP contribution >= 0.6 is 0 Å². The Labute approximate surface area is 101 Å². The van der Waals surface area contributed by atoms with Crippen LogP contribution in [0, 0.1) is 17.2 Å². The molecule has 0 aliphatic heterocycles. The lowest BCUT2D eigenvalue weighted by atomic mass is 10.3. The van der Waals surface area contributed by atoms with Crippen LogP contribution in [-0.4, -0.2) is 19.4 Å². The first kappa shape index (κ1) is 12.0. The Morgan fingerprint density at radius 1 is 1.59 bits per heavy atom. The summed E-state index contributed by atoms with van der Waals surface area (Å²) >= 11 is 0. The van der Waals surface area contributed by atoms with Crippen LogP contribution in [-0.2, 0) is 10.0 Å². The smallest absolute Gasteiger partial charge is 0.242 e. The predicted octanol–water partition coefficient (Wildman–Crippen LogP) is 1.03. The quantitative estimate of drug-likeness (QED) is 0.866. The highest BCUT2D eigenvalue weighted by Crippen LogP contribution is 2.34. The number of hydrogen-bond acceptors (Lipinski definition) is 4. The highest BCUT2D eigenvalue weighted by molar-refractivity contribution is 7.89. The summed E-state index contributed by atoms with van der Waals surface area (Å²) in [5, 5.41) is 8.58. The van der Waals surface area contributed by atoms with Gasteiger partial charge in [-0.3, -0.25) is 0 Å². The van der Waals surface area contributed by atoms with Crippen molar-refractivity contribution in [3.8, 4) is 6.07 Å². The van der Waals surface area contributed by atoms with Gasteiger partial charge in [-0.25, -0.2) is 18.1 Å². The van der Waals surface area contributed by atoms with E-state index in [1.165, 1.54) is 18.3 Å². The monoisotopic (exact) mass is 251 g/mol.